The third-order valence-corrected chi connectivity index (χ3v) is 1.81. The molecule has 0 aliphatic carbocycles. The van der Waals surface area contributed by atoms with Crippen LogP contribution in [0.25, 0.3) is 0 Å². The first-order valence-corrected chi connectivity index (χ1v) is 4.79. The van der Waals surface area contributed by atoms with Crippen molar-refractivity contribution in [3.63, 3.8) is 0 Å². The van der Waals surface area contributed by atoms with Crippen molar-refractivity contribution in [2.45, 2.75) is 58.7 Å². The first kappa shape index (κ1) is 12.2. The molecule has 0 aromatic carbocycles. The van der Waals surface area contributed by atoms with Gasteiger partial charge in [0, 0.05) is 17.6 Å². The topological polar surface area (TPSA) is 47.8 Å². The lowest BCUT2D eigenvalue weighted by molar-refractivity contribution is 0.306. The second-order valence-electron chi connectivity index (χ2n) is 4.54. The maximum Gasteiger partial charge on any atom is 0.176 e. The van der Waals surface area contributed by atoms with Crippen molar-refractivity contribution in [3.8, 4) is 6.19 Å². The Hall–Kier alpha value is -0.750. The van der Waals surface area contributed by atoms with Crippen LogP contribution in [0.5, 0.6) is 0 Å². The van der Waals surface area contributed by atoms with Gasteiger partial charge in [-0.3, -0.25) is 0 Å². The molecule has 0 bridgehead atoms. The summed E-state index contributed by atoms with van der Waals surface area (Å²) in [6.07, 6.45) is 2.91. The van der Waals surface area contributed by atoms with Crippen molar-refractivity contribution in [2.24, 2.45) is 0 Å². The molecule has 3 nitrogen and oxygen atoms in total. The smallest absolute Gasteiger partial charge is 0.176 e. The molecule has 0 saturated carbocycles. The highest BCUT2D eigenvalue weighted by atomic mass is 15.0. The summed E-state index contributed by atoms with van der Waals surface area (Å²) in [6, 6.07) is 0.704. The Bertz CT molecular complexity index is 179. The van der Waals surface area contributed by atoms with Gasteiger partial charge in [-0.1, -0.05) is 13.8 Å². The van der Waals surface area contributed by atoms with E-state index in [1.807, 2.05) is 13.1 Å². The molecule has 1 atom stereocenters. The average Bonchev–Trinajstić information content (AvgIpc) is 1.81. The highest BCUT2D eigenvalue weighted by Crippen LogP contribution is 2.12. The number of nitrogens with zero attached hydrogens (tertiary/aromatic N) is 1. The second-order valence-corrected chi connectivity index (χ2v) is 4.54. The summed E-state index contributed by atoms with van der Waals surface area (Å²) in [4.78, 5) is 0. The number of nitrogens with one attached hydrogen (secondary N) is 2. The Balaban J connectivity index is 3.94. The van der Waals surface area contributed by atoms with Gasteiger partial charge in [-0.15, -0.1) is 0 Å². The first-order valence-electron chi connectivity index (χ1n) is 4.79. The Kier molecular flexibility index (Phi) is 4.79. The van der Waals surface area contributed by atoms with Gasteiger partial charge in [0.2, 0.25) is 0 Å². The highest BCUT2D eigenvalue weighted by molar-refractivity contribution is 4.85. The lowest BCUT2D eigenvalue weighted by Gasteiger charge is -2.31. The van der Waals surface area contributed by atoms with Crippen molar-refractivity contribution >= 4 is 0 Å². The molecule has 0 unspecified atom stereocenters. The minimum absolute atomic E-state index is 0.0808. The predicted octanol–water partition coefficient (Wildman–Crippen LogP) is 1.61. The zero-order chi connectivity index (χ0) is 10.5. The fraction of sp³-hybridized carbons (Fsp3) is 0.900. The van der Waals surface area contributed by atoms with Gasteiger partial charge >= 0.3 is 0 Å². The lowest BCUT2D eigenvalue weighted by Crippen LogP contribution is -2.47. The van der Waals surface area contributed by atoms with Crippen LogP contribution in [-0.4, -0.2) is 17.6 Å². The molecule has 0 saturated heterocycles. The van der Waals surface area contributed by atoms with E-state index in [1.54, 1.807) is 0 Å². The van der Waals surface area contributed by atoms with Gasteiger partial charge < -0.3 is 10.6 Å². The van der Waals surface area contributed by atoms with Gasteiger partial charge in [0.05, 0.1) is 0 Å². The number of hydrogen-bond donors (Lipinski definition) is 2. The van der Waals surface area contributed by atoms with Crippen molar-refractivity contribution in [1.82, 2.24) is 10.6 Å². The van der Waals surface area contributed by atoms with Gasteiger partial charge in [-0.25, -0.2) is 0 Å². The molecule has 3 heteroatoms. The minimum Gasteiger partial charge on any atom is -0.321 e. The number of nitriles is 1. The summed E-state index contributed by atoms with van der Waals surface area (Å²) in [6.45, 7) is 10.6. The Morgan fingerprint density at radius 1 is 1.31 bits per heavy atom. The van der Waals surface area contributed by atoms with Crippen LogP contribution in [-0.2, 0) is 0 Å². The Labute approximate surface area is 81.5 Å². The van der Waals surface area contributed by atoms with Crippen molar-refractivity contribution < 1.29 is 0 Å². The van der Waals surface area contributed by atoms with E-state index in [0.29, 0.717) is 6.04 Å². The highest BCUT2D eigenvalue weighted by Gasteiger charge is 2.20. The molecule has 0 heterocycles. The maximum atomic E-state index is 8.43. The summed E-state index contributed by atoms with van der Waals surface area (Å²) in [5, 5.41) is 14.6. The molecular weight excluding hydrogens is 162 g/mol. The summed E-state index contributed by atoms with van der Waals surface area (Å²) < 4.78 is 0. The summed E-state index contributed by atoms with van der Waals surface area (Å²) in [5.41, 5.74) is 0.0808. The monoisotopic (exact) mass is 183 g/mol. The zero-order valence-corrected chi connectivity index (χ0v) is 9.31. The van der Waals surface area contributed by atoms with Gasteiger partial charge in [-0.2, -0.15) is 5.26 Å². The van der Waals surface area contributed by atoms with Crippen LogP contribution in [0.2, 0.25) is 0 Å². The molecule has 0 rings (SSSR count). The normalized spacial score (nSPS) is 13.9. The lowest BCUT2D eigenvalue weighted by atomic mass is 9.95. The Morgan fingerprint density at radius 3 is 2.23 bits per heavy atom. The van der Waals surface area contributed by atoms with Crippen LogP contribution in [0.1, 0.15) is 41.0 Å². The van der Waals surface area contributed by atoms with E-state index in [1.165, 1.54) is 0 Å². The molecule has 0 aromatic rings. The van der Waals surface area contributed by atoms with E-state index in [4.69, 9.17) is 5.26 Å². The fourth-order valence-electron chi connectivity index (χ4n) is 1.77. The number of rotatable bonds is 5. The van der Waals surface area contributed by atoms with Crippen molar-refractivity contribution in [1.29, 1.82) is 5.26 Å². The summed E-state index contributed by atoms with van der Waals surface area (Å²) in [7, 11) is 0. The van der Waals surface area contributed by atoms with Crippen molar-refractivity contribution in [3.05, 3.63) is 0 Å². The SMILES string of the molecule is CC(C)NC(C)(C)C[C@H](C)NC#N. The summed E-state index contributed by atoms with van der Waals surface area (Å²) in [5.74, 6) is 0. The van der Waals surface area contributed by atoms with E-state index in [9.17, 15) is 0 Å². The van der Waals surface area contributed by atoms with E-state index in [2.05, 4.69) is 38.3 Å². The molecule has 0 radical (unpaired) electrons. The van der Waals surface area contributed by atoms with E-state index < -0.39 is 0 Å². The van der Waals surface area contributed by atoms with Crippen LogP contribution >= 0.6 is 0 Å². The van der Waals surface area contributed by atoms with Gasteiger partial charge in [0.1, 0.15) is 0 Å². The van der Waals surface area contributed by atoms with Crippen molar-refractivity contribution in [2.75, 3.05) is 0 Å². The van der Waals surface area contributed by atoms with E-state index in [0.717, 1.165) is 6.42 Å². The molecule has 0 fully saturated rings. The summed E-state index contributed by atoms with van der Waals surface area (Å²) >= 11 is 0. The molecule has 0 spiro atoms. The van der Waals surface area contributed by atoms with Gasteiger partial charge in [-0.05, 0) is 27.2 Å². The first-order chi connectivity index (χ1) is 5.87. The Morgan fingerprint density at radius 2 is 1.85 bits per heavy atom. The van der Waals surface area contributed by atoms with E-state index in [-0.39, 0.29) is 11.6 Å². The average molecular weight is 183 g/mol. The van der Waals surface area contributed by atoms with Crippen LogP contribution in [0, 0.1) is 11.5 Å². The largest absolute Gasteiger partial charge is 0.321 e. The molecule has 0 aliphatic rings. The standard InChI is InChI=1S/C10H21N3/c1-8(2)13-10(4,5)6-9(3)12-7-11/h8-9,12-13H,6H2,1-5H3/t9-/m0/s1. The molecule has 0 aromatic heterocycles. The predicted molar refractivity (Wildman–Crippen MR) is 55.2 cm³/mol. The molecular formula is C10H21N3. The number of hydrogen-bond acceptors (Lipinski definition) is 3. The maximum absolute atomic E-state index is 8.43. The van der Waals surface area contributed by atoms with Gasteiger partial charge in [0.25, 0.3) is 0 Å². The molecule has 2 N–H and O–H groups in total. The molecule has 0 aliphatic heterocycles. The van der Waals surface area contributed by atoms with E-state index >= 15 is 0 Å². The quantitative estimate of drug-likeness (QED) is 0.503. The second kappa shape index (κ2) is 5.08. The third kappa shape index (κ3) is 6.41. The van der Waals surface area contributed by atoms with Crippen LogP contribution < -0.4 is 10.6 Å². The minimum atomic E-state index is 0.0808. The molecule has 0 amide bonds. The third-order valence-electron chi connectivity index (χ3n) is 1.81. The molecule has 13 heavy (non-hydrogen) atoms. The van der Waals surface area contributed by atoms with Crippen LogP contribution in [0.4, 0.5) is 0 Å². The fourth-order valence-corrected chi connectivity index (χ4v) is 1.77. The van der Waals surface area contributed by atoms with Crippen LogP contribution in [0.3, 0.4) is 0 Å². The van der Waals surface area contributed by atoms with Gasteiger partial charge in [0.15, 0.2) is 6.19 Å². The zero-order valence-electron chi connectivity index (χ0n) is 9.31. The van der Waals surface area contributed by atoms with Crippen LogP contribution in [0.15, 0.2) is 0 Å². The molecule has 76 valence electrons.